The molecule has 0 saturated carbocycles. The van der Waals surface area contributed by atoms with Crippen LogP contribution in [0.5, 0.6) is 0 Å². The highest BCUT2D eigenvalue weighted by Gasteiger charge is 2.32. The van der Waals surface area contributed by atoms with E-state index in [1.54, 1.807) is 42.5 Å². The van der Waals surface area contributed by atoms with Crippen LogP contribution in [0.3, 0.4) is 0 Å². The minimum Gasteiger partial charge on any atom is -0.331 e. The molecule has 0 aliphatic rings. The van der Waals surface area contributed by atoms with Gasteiger partial charge in [-0.3, -0.25) is 9.35 Å². The number of aromatic nitrogens is 2. The van der Waals surface area contributed by atoms with Gasteiger partial charge in [0.05, 0.1) is 11.0 Å². The summed E-state index contributed by atoms with van der Waals surface area (Å²) < 4.78 is 32.6. The number of H-pyrrole nitrogens is 1. The highest BCUT2D eigenvalue weighted by molar-refractivity contribution is 7.87. The second-order valence-electron chi connectivity index (χ2n) is 4.87. The molecular formula is C15H13N3O4S. The maximum atomic E-state index is 12.4. The lowest BCUT2D eigenvalue weighted by Gasteiger charge is -2.14. The Hall–Kier alpha value is -2.71. The van der Waals surface area contributed by atoms with Gasteiger partial charge in [0.25, 0.3) is 10.1 Å². The Bertz CT molecular complexity index is 918. The fourth-order valence-electron chi connectivity index (χ4n) is 2.17. The predicted molar refractivity (Wildman–Crippen MR) is 85.8 cm³/mol. The number of Topliss-reactive ketones (excluding diaryl/α,β-unsaturated/α-hetero) is 1. The zero-order valence-electron chi connectivity index (χ0n) is 11.8. The van der Waals surface area contributed by atoms with E-state index < -0.39 is 21.3 Å². The number of aromatic amines is 1. The number of imidazole rings is 1. The van der Waals surface area contributed by atoms with Crippen LogP contribution in [0.2, 0.25) is 0 Å². The third-order valence-electron chi connectivity index (χ3n) is 3.25. The van der Waals surface area contributed by atoms with Gasteiger partial charge in [0, 0.05) is 5.56 Å². The summed E-state index contributed by atoms with van der Waals surface area (Å²) in [4.78, 5) is 19.4. The fraction of sp³-hybridized carbons (Fsp3) is 0.0667. The first kappa shape index (κ1) is 15.2. The monoisotopic (exact) mass is 331 g/mol. The average molecular weight is 331 g/mol. The van der Waals surface area contributed by atoms with E-state index in [0.29, 0.717) is 11.0 Å². The fourth-order valence-corrected chi connectivity index (χ4v) is 2.84. The van der Waals surface area contributed by atoms with E-state index in [2.05, 4.69) is 15.3 Å². The largest absolute Gasteiger partial charge is 0.331 e. The summed E-state index contributed by atoms with van der Waals surface area (Å²) >= 11 is 0. The molecule has 1 atom stereocenters. The van der Waals surface area contributed by atoms with Gasteiger partial charge < -0.3 is 10.3 Å². The number of rotatable bonds is 5. The number of fused-ring (bicyclic) bond motifs is 1. The van der Waals surface area contributed by atoms with Gasteiger partial charge in [-0.05, 0) is 12.1 Å². The highest BCUT2D eigenvalue weighted by Crippen LogP contribution is 2.17. The second-order valence-corrected chi connectivity index (χ2v) is 6.37. The van der Waals surface area contributed by atoms with Gasteiger partial charge in [-0.15, -0.1) is 0 Å². The number of hydrogen-bond donors (Lipinski definition) is 3. The molecule has 7 nitrogen and oxygen atoms in total. The normalized spacial score (nSPS) is 12.9. The summed E-state index contributed by atoms with van der Waals surface area (Å²) in [6.07, 6.45) is 0. The quantitative estimate of drug-likeness (QED) is 0.487. The zero-order chi connectivity index (χ0) is 16.4. The van der Waals surface area contributed by atoms with Crippen molar-refractivity contribution in [1.29, 1.82) is 0 Å². The average Bonchev–Trinajstić information content (AvgIpc) is 2.94. The number of anilines is 1. The molecule has 0 aliphatic carbocycles. The number of nitrogens with one attached hydrogen (secondary N) is 2. The highest BCUT2D eigenvalue weighted by atomic mass is 32.2. The molecule has 1 unspecified atom stereocenters. The molecule has 1 aromatic heterocycles. The summed E-state index contributed by atoms with van der Waals surface area (Å²) in [6, 6.07) is 14.9. The van der Waals surface area contributed by atoms with Crippen LogP contribution >= 0.6 is 0 Å². The van der Waals surface area contributed by atoms with Crippen LogP contribution in [0, 0.1) is 0 Å². The van der Waals surface area contributed by atoms with Crippen LogP contribution in [-0.2, 0) is 10.1 Å². The van der Waals surface area contributed by atoms with E-state index in [9.17, 15) is 17.8 Å². The molecule has 0 radical (unpaired) electrons. The number of carbonyl (C=O) groups is 1. The molecule has 3 rings (SSSR count). The maximum Gasteiger partial charge on any atom is 0.294 e. The molecule has 0 saturated heterocycles. The Kier molecular flexibility index (Phi) is 3.85. The van der Waals surface area contributed by atoms with E-state index in [4.69, 9.17) is 0 Å². The molecule has 118 valence electrons. The van der Waals surface area contributed by atoms with Crippen LogP contribution < -0.4 is 5.32 Å². The topological polar surface area (TPSA) is 112 Å². The standard InChI is InChI=1S/C15H13N3O4S/c19-13(10-6-2-1-3-7-10)14(23(20,21)22)18-15-16-11-8-4-5-9-12(11)17-15/h1-9,14H,(H2,16,17,18)(H,20,21,22). The maximum absolute atomic E-state index is 12.4. The molecule has 2 aromatic carbocycles. The van der Waals surface area contributed by atoms with Crippen molar-refractivity contribution >= 4 is 32.9 Å². The first-order valence-electron chi connectivity index (χ1n) is 6.72. The smallest absolute Gasteiger partial charge is 0.294 e. The number of ketones is 1. The van der Waals surface area contributed by atoms with Crippen molar-refractivity contribution < 1.29 is 17.8 Å². The summed E-state index contributed by atoms with van der Waals surface area (Å²) in [5.74, 6) is -0.688. The van der Waals surface area contributed by atoms with Gasteiger partial charge in [-0.25, -0.2) is 4.98 Å². The Morgan fingerprint density at radius 1 is 1.09 bits per heavy atom. The molecule has 0 bridgehead atoms. The first-order valence-corrected chi connectivity index (χ1v) is 8.22. The van der Waals surface area contributed by atoms with E-state index >= 15 is 0 Å². The van der Waals surface area contributed by atoms with Crippen molar-refractivity contribution in [2.24, 2.45) is 0 Å². The Morgan fingerprint density at radius 3 is 2.39 bits per heavy atom. The van der Waals surface area contributed by atoms with Crippen LogP contribution in [0.25, 0.3) is 11.0 Å². The SMILES string of the molecule is O=C(c1ccccc1)C(Nc1nc2ccccc2[nH]1)S(=O)(=O)O. The molecule has 0 amide bonds. The molecular weight excluding hydrogens is 318 g/mol. The predicted octanol–water partition coefficient (Wildman–Crippen LogP) is 2.07. The van der Waals surface area contributed by atoms with Gasteiger partial charge in [0.15, 0.2) is 0 Å². The van der Waals surface area contributed by atoms with Gasteiger partial charge in [0.2, 0.25) is 17.1 Å². The number of nitrogens with zero attached hydrogens (tertiary/aromatic N) is 1. The van der Waals surface area contributed by atoms with E-state index in [1.807, 2.05) is 0 Å². The van der Waals surface area contributed by atoms with Gasteiger partial charge in [0.1, 0.15) is 0 Å². The van der Waals surface area contributed by atoms with Crippen LogP contribution in [0.15, 0.2) is 54.6 Å². The first-order chi connectivity index (χ1) is 10.9. The van der Waals surface area contributed by atoms with Gasteiger partial charge in [-0.1, -0.05) is 42.5 Å². The van der Waals surface area contributed by atoms with Crippen molar-refractivity contribution in [3.8, 4) is 0 Å². The summed E-state index contributed by atoms with van der Waals surface area (Å²) in [7, 11) is -4.67. The van der Waals surface area contributed by atoms with Crippen molar-refractivity contribution in [3.63, 3.8) is 0 Å². The Balaban J connectivity index is 1.95. The molecule has 0 spiro atoms. The zero-order valence-corrected chi connectivity index (χ0v) is 12.6. The van der Waals surface area contributed by atoms with E-state index in [1.165, 1.54) is 12.1 Å². The molecule has 0 aliphatic heterocycles. The lowest BCUT2D eigenvalue weighted by Crippen LogP contribution is -2.37. The molecule has 3 N–H and O–H groups in total. The van der Waals surface area contributed by atoms with E-state index in [-0.39, 0.29) is 11.5 Å². The van der Waals surface area contributed by atoms with Crippen LogP contribution in [-0.4, -0.2) is 34.1 Å². The van der Waals surface area contributed by atoms with Gasteiger partial charge in [-0.2, -0.15) is 8.42 Å². The number of para-hydroxylation sites is 2. The van der Waals surface area contributed by atoms with Crippen molar-refractivity contribution in [2.75, 3.05) is 5.32 Å². The van der Waals surface area contributed by atoms with Gasteiger partial charge >= 0.3 is 0 Å². The summed E-state index contributed by atoms with van der Waals surface area (Å²) in [5.41, 5.74) is 1.45. The number of benzene rings is 2. The van der Waals surface area contributed by atoms with Crippen LogP contribution in [0.1, 0.15) is 10.4 Å². The van der Waals surface area contributed by atoms with Crippen molar-refractivity contribution in [2.45, 2.75) is 5.37 Å². The van der Waals surface area contributed by atoms with Crippen LogP contribution in [0.4, 0.5) is 5.95 Å². The van der Waals surface area contributed by atoms with Crippen molar-refractivity contribution in [3.05, 3.63) is 60.2 Å². The molecule has 1 heterocycles. The summed E-state index contributed by atoms with van der Waals surface area (Å²) in [6.45, 7) is 0. The minimum absolute atomic E-state index is 0.0816. The lowest BCUT2D eigenvalue weighted by atomic mass is 10.1. The molecule has 23 heavy (non-hydrogen) atoms. The summed E-state index contributed by atoms with van der Waals surface area (Å²) in [5, 5.41) is 0.610. The minimum atomic E-state index is -4.67. The molecule has 8 heteroatoms. The van der Waals surface area contributed by atoms with E-state index in [0.717, 1.165) is 0 Å². The number of hydrogen-bond acceptors (Lipinski definition) is 5. The lowest BCUT2D eigenvalue weighted by molar-refractivity contribution is 0.0991. The third-order valence-corrected chi connectivity index (χ3v) is 4.18. The molecule has 0 fully saturated rings. The molecule has 3 aromatic rings. The Labute approximate surface area is 132 Å². The number of carbonyl (C=O) groups excluding carboxylic acids is 1. The van der Waals surface area contributed by atoms with Crippen molar-refractivity contribution in [1.82, 2.24) is 9.97 Å². The third kappa shape index (κ3) is 3.22. The second kappa shape index (κ2) is 5.82. The Morgan fingerprint density at radius 2 is 1.74 bits per heavy atom.